The minimum atomic E-state index is -1.23. The highest BCUT2D eigenvalue weighted by Crippen LogP contribution is 2.20. The zero-order chi connectivity index (χ0) is 14.1. The Morgan fingerprint density at radius 3 is 1.84 bits per heavy atom. The van der Waals surface area contributed by atoms with Crippen LogP contribution in [0.2, 0.25) is 0 Å². The Balaban J connectivity index is 2.83. The van der Waals surface area contributed by atoms with Crippen LogP contribution in [0.4, 0.5) is 0 Å². The summed E-state index contributed by atoms with van der Waals surface area (Å²) in [6.45, 7) is 6.89. The number of hydrogen-bond donors (Lipinski definition) is 0. The van der Waals surface area contributed by atoms with Gasteiger partial charge in [-0.1, -0.05) is 18.2 Å². The van der Waals surface area contributed by atoms with E-state index >= 15 is 0 Å². The quantitative estimate of drug-likeness (QED) is 0.654. The molecule has 0 N–H and O–H groups in total. The third-order valence-corrected chi connectivity index (χ3v) is 3.82. The van der Waals surface area contributed by atoms with Crippen LogP contribution in [0.5, 0.6) is 0 Å². The largest absolute Gasteiger partial charge is 0.327 e. The Kier molecular flexibility index (Phi) is 7.23. The summed E-state index contributed by atoms with van der Waals surface area (Å²) in [5, 5.41) is 0. The van der Waals surface area contributed by atoms with Crippen molar-refractivity contribution in [1.82, 2.24) is 0 Å². The van der Waals surface area contributed by atoms with Gasteiger partial charge < -0.3 is 14.2 Å². The molecule has 0 aliphatic heterocycles. The summed E-state index contributed by atoms with van der Waals surface area (Å²) in [4.78, 5) is 0.742. The standard InChI is InChI=1S/C14H22O4S/c1-4-16-14(17-5-2,18-6-3)12-19(15)13-10-8-7-9-11-13/h7-11H,4-6,12H2,1-3H3. The lowest BCUT2D eigenvalue weighted by molar-refractivity contribution is -0.362. The van der Waals surface area contributed by atoms with Crippen LogP contribution in [0.1, 0.15) is 20.8 Å². The molecule has 1 atom stereocenters. The molecule has 0 aromatic heterocycles. The molecular weight excluding hydrogens is 264 g/mol. The van der Waals surface area contributed by atoms with E-state index in [4.69, 9.17) is 14.2 Å². The van der Waals surface area contributed by atoms with E-state index in [2.05, 4.69) is 0 Å². The molecule has 0 fully saturated rings. The van der Waals surface area contributed by atoms with E-state index in [1.807, 2.05) is 51.1 Å². The smallest absolute Gasteiger partial charge is 0.295 e. The fourth-order valence-corrected chi connectivity index (χ4v) is 2.92. The fraction of sp³-hybridized carbons (Fsp3) is 0.571. The van der Waals surface area contributed by atoms with Crippen LogP contribution in [0.15, 0.2) is 35.2 Å². The van der Waals surface area contributed by atoms with E-state index < -0.39 is 16.8 Å². The summed E-state index contributed by atoms with van der Waals surface area (Å²) in [7, 11) is -1.23. The topological polar surface area (TPSA) is 44.8 Å². The first-order valence-corrected chi connectivity index (χ1v) is 7.84. The molecule has 4 nitrogen and oxygen atoms in total. The van der Waals surface area contributed by atoms with Crippen LogP contribution in [-0.2, 0) is 25.0 Å². The van der Waals surface area contributed by atoms with Crippen molar-refractivity contribution >= 4 is 10.8 Å². The molecule has 0 amide bonds. The average Bonchev–Trinajstić information content (AvgIpc) is 2.40. The molecule has 1 unspecified atom stereocenters. The highest BCUT2D eigenvalue weighted by Gasteiger charge is 2.35. The molecule has 108 valence electrons. The summed E-state index contributed by atoms with van der Waals surface area (Å²) in [5.74, 6) is -1.06. The monoisotopic (exact) mass is 286 g/mol. The van der Waals surface area contributed by atoms with Gasteiger partial charge in [0.05, 0.1) is 10.8 Å². The van der Waals surface area contributed by atoms with E-state index in [0.29, 0.717) is 19.8 Å². The summed E-state index contributed by atoms with van der Waals surface area (Å²) in [5.41, 5.74) is 0. The summed E-state index contributed by atoms with van der Waals surface area (Å²) in [6.07, 6.45) is 0. The minimum Gasteiger partial charge on any atom is -0.327 e. The second-order valence-electron chi connectivity index (χ2n) is 3.78. The van der Waals surface area contributed by atoms with Crippen molar-refractivity contribution in [2.24, 2.45) is 0 Å². The first-order chi connectivity index (χ1) is 9.17. The van der Waals surface area contributed by atoms with Crippen molar-refractivity contribution in [1.29, 1.82) is 0 Å². The predicted octanol–water partition coefficient (Wildman–Crippen LogP) is 2.56. The zero-order valence-corrected chi connectivity index (χ0v) is 12.6. The van der Waals surface area contributed by atoms with E-state index in [-0.39, 0.29) is 5.75 Å². The minimum absolute atomic E-state index is 0.159. The Morgan fingerprint density at radius 2 is 1.42 bits per heavy atom. The summed E-state index contributed by atoms with van der Waals surface area (Å²) in [6, 6.07) is 9.25. The Morgan fingerprint density at radius 1 is 0.947 bits per heavy atom. The van der Waals surface area contributed by atoms with Gasteiger partial charge >= 0.3 is 0 Å². The highest BCUT2D eigenvalue weighted by molar-refractivity contribution is 7.85. The van der Waals surface area contributed by atoms with Crippen molar-refractivity contribution in [2.75, 3.05) is 25.6 Å². The normalized spacial score (nSPS) is 13.4. The second-order valence-corrected chi connectivity index (χ2v) is 5.24. The molecule has 1 aromatic rings. The molecule has 1 rings (SSSR count). The van der Waals surface area contributed by atoms with Gasteiger partial charge in [0.15, 0.2) is 0 Å². The molecule has 0 saturated heterocycles. The van der Waals surface area contributed by atoms with Gasteiger partial charge in [-0.2, -0.15) is 0 Å². The summed E-state index contributed by atoms with van der Waals surface area (Å²) >= 11 is 0. The van der Waals surface area contributed by atoms with Gasteiger partial charge in [-0.05, 0) is 32.9 Å². The van der Waals surface area contributed by atoms with Crippen molar-refractivity contribution in [3.05, 3.63) is 30.3 Å². The number of benzene rings is 1. The number of hydrogen-bond acceptors (Lipinski definition) is 4. The Labute approximate surface area is 117 Å². The third kappa shape index (κ3) is 5.03. The lowest BCUT2D eigenvalue weighted by atomic mass is 10.4. The van der Waals surface area contributed by atoms with Gasteiger partial charge in [-0.3, -0.25) is 4.21 Å². The average molecular weight is 286 g/mol. The molecule has 0 heterocycles. The van der Waals surface area contributed by atoms with E-state index in [1.165, 1.54) is 0 Å². The molecule has 19 heavy (non-hydrogen) atoms. The van der Waals surface area contributed by atoms with E-state index in [9.17, 15) is 4.21 Å². The van der Waals surface area contributed by atoms with Gasteiger partial charge in [0.2, 0.25) is 0 Å². The summed E-state index contributed by atoms with van der Waals surface area (Å²) < 4.78 is 29.1. The maximum Gasteiger partial charge on any atom is 0.295 e. The Hall–Kier alpha value is -0.750. The fourth-order valence-electron chi connectivity index (χ4n) is 1.73. The van der Waals surface area contributed by atoms with E-state index in [0.717, 1.165) is 4.90 Å². The first kappa shape index (κ1) is 16.3. The Bertz CT molecular complexity index is 363. The SMILES string of the molecule is CCOC(CS(=O)c1ccccc1)(OCC)OCC. The molecular formula is C14H22O4S. The van der Waals surface area contributed by atoms with Gasteiger partial charge in [-0.15, -0.1) is 0 Å². The van der Waals surface area contributed by atoms with Gasteiger partial charge in [0.25, 0.3) is 5.97 Å². The van der Waals surface area contributed by atoms with Gasteiger partial charge in [-0.25, -0.2) is 0 Å². The molecule has 0 bridgehead atoms. The molecule has 0 saturated carbocycles. The maximum atomic E-state index is 12.4. The zero-order valence-electron chi connectivity index (χ0n) is 11.8. The van der Waals surface area contributed by atoms with Crippen LogP contribution in [-0.4, -0.2) is 35.8 Å². The van der Waals surface area contributed by atoms with Gasteiger partial charge in [0.1, 0.15) is 5.75 Å². The molecule has 5 heteroatoms. The van der Waals surface area contributed by atoms with Crippen LogP contribution in [0.25, 0.3) is 0 Å². The number of rotatable bonds is 9. The maximum absolute atomic E-state index is 12.4. The van der Waals surface area contributed by atoms with Crippen molar-refractivity contribution in [3.63, 3.8) is 0 Å². The van der Waals surface area contributed by atoms with E-state index in [1.54, 1.807) is 0 Å². The van der Waals surface area contributed by atoms with Crippen LogP contribution in [0.3, 0.4) is 0 Å². The first-order valence-electron chi connectivity index (χ1n) is 6.52. The van der Waals surface area contributed by atoms with Crippen molar-refractivity contribution < 1.29 is 18.4 Å². The van der Waals surface area contributed by atoms with Gasteiger partial charge in [0, 0.05) is 24.7 Å². The third-order valence-electron chi connectivity index (χ3n) is 2.41. The van der Waals surface area contributed by atoms with Crippen LogP contribution in [0, 0.1) is 0 Å². The number of ether oxygens (including phenoxy) is 3. The molecule has 0 radical (unpaired) electrons. The lowest BCUT2D eigenvalue weighted by Gasteiger charge is -2.31. The van der Waals surface area contributed by atoms with Crippen LogP contribution < -0.4 is 0 Å². The second kappa shape index (κ2) is 8.43. The molecule has 0 aliphatic rings. The van der Waals surface area contributed by atoms with Crippen molar-refractivity contribution in [3.8, 4) is 0 Å². The van der Waals surface area contributed by atoms with Crippen molar-refractivity contribution in [2.45, 2.75) is 31.6 Å². The highest BCUT2D eigenvalue weighted by atomic mass is 32.2. The molecule has 0 aliphatic carbocycles. The van der Waals surface area contributed by atoms with Crippen LogP contribution >= 0.6 is 0 Å². The molecule has 1 aromatic carbocycles. The predicted molar refractivity (Wildman–Crippen MR) is 75.3 cm³/mol. The lowest BCUT2D eigenvalue weighted by Crippen LogP contribution is -2.44. The molecule has 0 spiro atoms.